The van der Waals surface area contributed by atoms with Crippen LogP contribution in [0.3, 0.4) is 0 Å². The van der Waals surface area contributed by atoms with E-state index in [0.717, 1.165) is 5.56 Å². The maximum Gasteiger partial charge on any atom is 0.251 e. The second kappa shape index (κ2) is 6.16. The van der Waals surface area contributed by atoms with Gasteiger partial charge in [-0.1, -0.05) is 30.3 Å². The van der Waals surface area contributed by atoms with Crippen molar-refractivity contribution in [2.75, 3.05) is 13.6 Å². The highest BCUT2D eigenvalue weighted by Crippen LogP contribution is 2.02. The van der Waals surface area contributed by atoms with Crippen molar-refractivity contribution in [1.29, 1.82) is 0 Å². The molecule has 4 nitrogen and oxygen atoms in total. The van der Waals surface area contributed by atoms with Gasteiger partial charge in [0.15, 0.2) is 0 Å². The Hall–Kier alpha value is -1.39. The lowest BCUT2D eigenvalue weighted by atomic mass is 10.2. The summed E-state index contributed by atoms with van der Waals surface area (Å²) in [5, 5.41) is 1.28. The van der Waals surface area contributed by atoms with E-state index in [-0.39, 0.29) is 5.91 Å². The van der Waals surface area contributed by atoms with Gasteiger partial charge in [-0.3, -0.25) is 9.63 Å². The Labute approximate surface area is 89.6 Å². The van der Waals surface area contributed by atoms with Gasteiger partial charge in [-0.25, -0.2) is 5.06 Å². The summed E-state index contributed by atoms with van der Waals surface area (Å²) in [4.78, 5) is 16.6. The minimum absolute atomic E-state index is 0.0408. The normalized spacial score (nSPS) is 10.0. The molecular formula is C11H17N2O2+. The maximum absolute atomic E-state index is 11.3. The molecule has 1 amide bonds. The number of rotatable bonds is 5. The van der Waals surface area contributed by atoms with E-state index in [0.29, 0.717) is 19.6 Å². The quantitative estimate of drug-likeness (QED) is 0.705. The molecule has 0 spiro atoms. The van der Waals surface area contributed by atoms with Crippen molar-refractivity contribution in [3.05, 3.63) is 35.9 Å². The minimum Gasteiger partial charge on any atom is -0.357 e. The zero-order valence-electron chi connectivity index (χ0n) is 8.98. The van der Waals surface area contributed by atoms with Crippen molar-refractivity contribution in [2.45, 2.75) is 13.0 Å². The fourth-order valence-electron chi connectivity index (χ4n) is 1.13. The van der Waals surface area contributed by atoms with Gasteiger partial charge in [-0.15, -0.1) is 0 Å². The molecule has 0 aliphatic carbocycles. The minimum atomic E-state index is -0.0408. The van der Waals surface area contributed by atoms with Crippen LogP contribution in [0.15, 0.2) is 30.3 Å². The highest BCUT2D eigenvalue weighted by Gasteiger charge is 2.08. The van der Waals surface area contributed by atoms with Crippen LogP contribution in [0, 0.1) is 0 Å². The third-order valence-corrected chi connectivity index (χ3v) is 2.01. The fourth-order valence-corrected chi connectivity index (χ4v) is 1.13. The van der Waals surface area contributed by atoms with E-state index < -0.39 is 0 Å². The summed E-state index contributed by atoms with van der Waals surface area (Å²) >= 11 is 0. The van der Waals surface area contributed by atoms with Gasteiger partial charge < -0.3 is 5.73 Å². The van der Waals surface area contributed by atoms with E-state index in [1.807, 2.05) is 30.3 Å². The van der Waals surface area contributed by atoms with Crippen LogP contribution >= 0.6 is 0 Å². The summed E-state index contributed by atoms with van der Waals surface area (Å²) in [6.07, 6.45) is 0.422. The van der Waals surface area contributed by atoms with Gasteiger partial charge in [0.1, 0.15) is 6.61 Å². The van der Waals surface area contributed by atoms with Gasteiger partial charge in [-0.05, 0) is 5.56 Å². The molecule has 3 N–H and O–H groups in total. The molecule has 0 unspecified atom stereocenters. The molecule has 0 heterocycles. The average molecular weight is 209 g/mol. The van der Waals surface area contributed by atoms with E-state index in [1.165, 1.54) is 5.06 Å². The third-order valence-electron chi connectivity index (χ3n) is 2.01. The van der Waals surface area contributed by atoms with Gasteiger partial charge in [-0.2, -0.15) is 0 Å². The van der Waals surface area contributed by atoms with Crippen LogP contribution in [0.4, 0.5) is 0 Å². The number of hydrogen-bond donors (Lipinski definition) is 1. The van der Waals surface area contributed by atoms with E-state index in [4.69, 9.17) is 4.84 Å². The van der Waals surface area contributed by atoms with Crippen molar-refractivity contribution >= 4 is 5.91 Å². The number of hydrogen-bond acceptors (Lipinski definition) is 2. The van der Waals surface area contributed by atoms with Gasteiger partial charge in [0, 0.05) is 7.05 Å². The Balaban J connectivity index is 2.34. The van der Waals surface area contributed by atoms with Gasteiger partial charge in [0.05, 0.1) is 13.0 Å². The summed E-state index contributed by atoms with van der Waals surface area (Å²) in [6, 6.07) is 9.74. The zero-order valence-corrected chi connectivity index (χ0v) is 8.98. The summed E-state index contributed by atoms with van der Waals surface area (Å²) in [7, 11) is 1.63. The highest BCUT2D eigenvalue weighted by atomic mass is 16.7. The summed E-state index contributed by atoms with van der Waals surface area (Å²) in [6.45, 7) is 1.01. The smallest absolute Gasteiger partial charge is 0.251 e. The molecule has 0 aliphatic rings. The first-order valence-corrected chi connectivity index (χ1v) is 4.96. The van der Waals surface area contributed by atoms with E-state index in [1.54, 1.807) is 7.05 Å². The zero-order chi connectivity index (χ0) is 11.1. The largest absolute Gasteiger partial charge is 0.357 e. The molecule has 0 radical (unpaired) electrons. The van der Waals surface area contributed by atoms with E-state index in [2.05, 4.69) is 5.73 Å². The molecule has 15 heavy (non-hydrogen) atoms. The van der Waals surface area contributed by atoms with Gasteiger partial charge in [0.2, 0.25) is 0 Å². The summed E-state index contributed by atoms with van der Waals surface area (Å²) in [5.74, 6) is -0.0408. The molecular weight excluding hydrogens is 192 g/mol. The molecule has 82 valence electrons. The van der Waals surface area contributed by atoms with E-state index in [9.17, 15) is 4.79 Å². The standard InChI is InChI=1S/C11H16N2O2/c1-13(11(14)7-8-12)15-9-10-5-3-2-4-6-10/h2-6H,7-9,12H2,1H3/p+1. The number of benzene rings is 1. The third kappa shape index (κ3) is 4.10. The molecule has 1 aromatic carbocycles. The van der Waals surface area contributed by atoms with E-state index >= 15 is 0 Å². The molecule has 0 saturated carbocycles. The molecule has 0 bridgehead atoms. The molecule has 0 saturated heterocycles. The summed E-state index contributed by atoms with van der Waals surface area (Å²) in [5.41, 5.74) is 4.67. The lowest BCUT2D eigenvalue weighted by Crippen LogP contribution is -2.51. The predicted octanol–water partition coefficient (Wildman–Crippen LogP) is 0.209. The van der Waals surface area contributed by atoms with Gasteiger partial charge in [0.25, 0.3) is 5.91 Å². The fraction of sp³-hybridized carbons (Fsp3) is 0.364. The Bertz CT molecular complexity index is 301. The van der Waals surface area contributed by atoms with Crippen LogP contribution in [-0.2, 0) is 16.2 Å². The maximum atomic E-state index is 11.3. The number of quaternary nitrogens is 1. The molecule has 0 atom stereocenters. The first kappa shape index (κ1) is 11.7. The Morgan fingerprint density at radius 2 is 2.07 bits per heavy atom. The Morgan fingerprint density at radius 1 is 1.40 bits per heavy atom. The molecule has 0 aromatic heterocycles. The van der Waals surface area contributed by atoms with Crippen LogP contribution in [-0.4, -0.2) is 24.6 Å². The molecule has 0 aliphatic heterocycles. The van der Waals surface area contributed by atoms with Crippen LogP contribution in [0.5, 0.6) is 0 Å². The molecule has 4 heteroatoms. The lowest BCUT2D eigenvalue weighted by Gasteiger charge is -2.15. The number of hydroxylamine groups is 2. The topological polar surface area (TPSA) is 57.2 Å². The SMILES string of the molecule is CN(OCc1ccccc1)C(=O)CC[NH3+]. The average Bonchev–Trinajstić information content (AvgIpc) is 2.27. The van der Waals surface area contributed by atoms with Crippen molar-refractivity contribution in [1.82, 2.24) is 5.06 Å². The second-order valence-electron chi connectivity index (χ2n) is 3.25. The second-order valence-corrected chi connectivity index (χ2v) is 3.25. The monoisotopic (exact) mass is 209 g/mol. The van der Waals surface area contributed by atoms with Crippen molar-refractivity contribution in [3.8, 4) is 0 Å². The first-order valence-electron chi connectivity index (χ1n) is 4.96. The highest BCUT2D eigenvalue weighted by molar-refractivity contribution is 5.74. The van der Waals surface area contributed by atoms with Crippen molar-refractivity contribution in [2.24, 2.45) is 0 Å². The molecule has 0 fully saturated rings. The molecule has 1 rings (SSSR count). The van der Waals surface area contributed by atoms with Crippen LogP contribution in [0.2, 0.25) is 0 Å². The Morgan fingerprint density at radius 3 is 2.67 bits per heavy atom. The van der Waals surface area contributed by atoms with Crippen molar-refractivity contribution < 1.29 is 15.4 Å². The van der Waals surface area contributed by atoms with Gasteiger partial charge >= 0.3 is 0 Å². The lowest BCUT2D eigenvalue weighted by molar-refractivity contribution is -0.367. The van der Waals surface area contributed by atoms with Crippen LogP contribution in [0.25, 0.3) is 0 Å². The number of amides is 1. The summed E-state index contributed by atoms with van der Waals surface area (Å²) < 4.78 is 0. The van der Waals surface area contributed by atoms with Crippen LogP contribution in [0.1, 0.15) is 12.0 Å². The molecule has 1 aromatic rings. The first-order chi connectivity index (χ1) is 7.24. The van der Waals surface area contributed by atoms with Crippen molar-refractivity contribution in [3.63, 3.8) is 0 Å². The predicted molar refractivity (Wildman–Crippen MR) is 56.4 cm³/mol. The van der Waals surface area contributed by atoms with Crippen LogP contribution < -0.4 is 5.73 Å². The Kier molecular flexibility index (Phi) is 4.80. The number of nitrogens with zero attached hydrogens (tertiary/aromatic N) is 1. The number of carbonyl (C=O) groups excluding carboxylic acids is 1. The number of carbonyl (C=O) groups is 1.